The van der Waals surface area contributed by atoms with E-state index in [9.17, 15) is 0 Å². The molecule has 1 aliphatic rings. The fraction of sp³-hybridized carbons (Fsp3) is 0.211. The zero-order valence-electron chi connectivity index (χ0n) is 14.0. The molecule has 3 aromatic rings. The lowest BCUT2D eigenvalue weighted by molar-refractivity contribution is 0.896. The first-order valence-electron chi connectivity index (χ1n) is 8.44. The number of aromatic nitrogens is 3. The first-order valence-corrected chi connectivity index (χ1v) is 9.19. The van der Waals surface area contributed by atoms with Crippen molar-refractivity contribution in [3.63, 3.8) is 0 Å². The summed E-state index contributed by atoms with van der Waals surface area (Å²) in [7, 11) is 0. The molecule has 0 radical (unpaired) electrons. The normalized spacial score (nSPS) is 12.9. The average Bonchev–Trinajstić information content (AvgIpc) is 3.08. The topological polar surface area (TPSA) is 53.9 Å². The van der Waals surface area contributed by atoms with Crippen molar-refractivity contribution in [3.05, 3.63) is 69.8 Å². The molecule has 4 rings (SSSR count). The summed E-state index contributed by atoms with van der Waals surface area (Å²) in [5.74, 6) is 1.31. The lowest BCUT2D eigenvalue weighted by atomic mass is 10.1. The predicted octanol–water partition coefficient (Wildman–Crippen LogP) is 4.53. The van der Waals surface area contributed by atoms with E-state index in [1.54, 1.807) is 12.3 Å². The van der Waals surface area contributed by atoms with E-state index in [1.165, 1.54) is 11.3 Å². The van der Waals surface area contributed by atoms with Crippen LogP contribution in [0.4, 0.5) is 17.5 Å². The van der Waals surface area contributed by atoms with E-state index in [4.69, 9.17) is 23.2 Å². The number of rotatable bonds is 5. The molecule has 7 heteroatoms. The lowest BCUT2D eigenvalue weighted by Crippen LogP contribution is -2.17. The third-order valence-electron chi connectivity index (χ3n) is 4.40. The lowest BCUT2D eigenvalue weighted by Gasteiger charge is -2.18. The largest absolute Gasteiger partial charge is 0.353 e. The van der Waals surface area contributed by atoms with E-state index in [0.29, 0.717) is 22.5 Å². The Labute approximate surface area is 162 Å². The summed E-state index contributed by atoms with van der Waals surface area (Å²) in [4.78, 5) is 6.78. The van der Waals surface area contributed by atoms with Crippen molar-refractivity contribution in [1.82, 2.24) is 15.2 Å². The summed E-state index contributed by atoms with van der Waals surface area (Å²) >= 11 is 12.1. The maximum Gasteiger partial charge on any atom is 0.244 e. The van der Waals surface area contributed by atoms with Crippen molar-refractivity contribution in [2.45, 2.75) is 12.8 Å². The number of hydrogen-bond donors (Lipinski definition) is 1. The number of halogens is 2. The van der Waals surface area contributed by atoms with Crippen LogP contribution in [0, 0.1) is 0 Å². The molecule has 0 fully saturated rings. The molecule has 2 heterocycles. The van der Waals surface area contributed by atoms with Crippen LogP contribution in [0.1, 0.15) is 11.1 Å². The second-order valence-electron chi connectivity index (χ2n) is 6.08. The van der Waals surface area contributed by atoms with Crippen LogP contribution in [-0.2, 0) is 12.8 Å². The molecule has 0 saturated carbocycles. The minimum absolute atomic E-state index is 0.511. The van der Waals surface area contributed by atoms with Crippen molar-refractivity contribution in [2.75, 3.05) is 23.3 Å². The Morgan fingerprint density at radius 3 is 2.88 bits per heavy atom. The Kier molecular flexibility index (Phi) is 4.91. The summed E-state index contributed by atoms with van der Waals surface area (Å²) in [6.45, 7) is 1.56. The maximum absolute atomic E-state index is 6.21. The molecule has 0 atom stereocenters. The zero-order chi connectivity index (χ0) is 17.9. The summed E-state index contributed by atoms with van der Waals surface area (Å²) < 4.78 is 0. The van der Waals surface area contributed by atoms with Crippen molar-refractivity contribution in [2.24, 2.45) is 0 Å². The minimum Gasteiger partial charge on any atom is -0.353 e. The molecular weight excluding hydrogens is 369 g/mol. The van der Waals surface area contributed by atoms with Gasteiger partial charge in [0.1, 0.15) is 0 Å². The van der Waals surface area contributed by atoms with Gasteiger partial charge in [-0.2, -0.15) is 10.1 Å². The molecule has 0 amide bonds. The molecule has 0 unspecified atom stereocenters. The number of anilines is 3. The van der Waals surface area contributed by atoms with Gasteiger partial charge in [0.25, 0.3) is 0 Å². The van der Waals surface area contributed by atoms with E-state index in [2.05, 4.69) is 43.6 Å². The van der Waals surface area contributed by atoms with Crippen LogP contribution < -0.4 is 10.2 Å². The van der Waals surface area contributed by atoms with Crippen molar-refractivity contribution < 1.29 is 0 Å². The van der Waals surface area contributed by atoms with Crippen LogP contribution in [0.15, 0.2) is 48.7 Å². The van der Waals surface area contributed by atoms with E-state index in [-0.39, 0.29) is 0 Å². The number of fused-ring (bicyclic) bond motifs is 1. The first kappa shape index (κ1) is 17.1. The molecule has 0 spiro atoms. The number of nitrogens with one attached hydrogen (secondary N) is 1. The highest BCUT2D eigenvalue weighted by molar-refractivity contribution is 6.35. The highest BCUT2D eigenvalue weighted by atomic mass is 35.5. The van der Waals surface area contributed by atoms with Gasteiger partial charge in [0.2, 0.25) is 5.95 Å². The van der Waals surface area contributed by atoms with Crippen molar-refractivity contribution in [1.29, 1.82) is 0 Å². The van der Waals surface area contributed by atoms with Crippen LogP contribution in [0.25, 0.3) is 0 Å². The number of nitrogens with zero attached hydrogens (tertiary/aromatic N) is 4. The molecule has 5 nitrogen and oxygen atoms in total. The summed E-state index contributed by atoms with van der Waals surface area (Å²) in [5, 5.41) is 12.7. The number of hydrogen-bond acceptors (Lipinski definition) is 5. The minimum atomic E-state index is 0.511. The quantitative estimate of drug-likeness (QED) is 0.699. The maximum atomic E-state index is 6.21. The molecule has 0 bridgehead atoms. The highest BCUT2D eigenvalue weighted by Gasteiger charge is 2.21. The summed E-state index contributed by atoms with van der Waals surface area (Å²) in [6.07, 6.45) is 3.46. The molecule has 1 aliphatic heterocycles. The Morgan fingerprint density at radius 1 is 1.12 bits per heavy atom. The number of para-hydroxylation sites is 1. The molecular formula is C19H17Cl2N5. The molecule has 1 aromatic heterocycles. The van der Waals surface area contributed by atoms with Crippen LogP contribution in [0.2, 0.25) is 10.0 Å². The Morgan fingerprint density at radius 2 is 2.00 bits per heavy atom. The number of benzene rings is 2. The van der Waals surface area contributed by atoms with Crippen LogP contribution in [-0.4, -0.2) is 28.3 Å². The van der Waals surface area contributed by atoms with Gasteiger partial charge < -0.3 is 10.2 Å². The van der Waals surface area contributed by atoms with Crippen LogP contribution >= 0.6 is 23.2 Å². The van der Waals surface area contributed by atoms with Crippen molar-refractivity contribution in [3.8, 4) is 0 Å². The summed E-state index contributed by atoms with van der Waals surface area (Å²) in [6, 6.07) is 13.9. The third-order valence-corrected chi connectivity index (χ3v) is 4.99. The Bertz CT molecular complexity index is 931. The standard InChI is InChI=1S/C19H17Cl2N5/c20-15-6-5-13(16(21)11-15)7-9-22-19-24-18(12-23-25-19)26-10-8-14-3-1-2-4-17(14)26/h1-6,11-12H,7-10H2,(H,22,24,25). The Hall–Kier alpha value is -2.37. The smallest absolute Gasteiger partial charge is 0.244 e. The van der Waals surface area contributed by atoms with Gasteiger partial charge in [-0.15, -0.1) is 5.10 Å². The van der Waals surface area contributed by atoms with Gasteiger partial charge in [-0.25, -0.2) is 0 Å². The van der Waals surface area contributed by atoms with Gasteiger partial charge in [-0.3, -0.25) is 0 Å². The van der Waals surface area contributed by atoms with E-state index in [0.717, 1.165) is 30.8 Å². The van der Waals surface area contributed by atoms with Gasteiger partial charge in [-0.1, -0.05) is 47.5 Å². The van der Waals surface area contributed by atoms with Gasteiger partial charge in [0.15, 0.2) is 5.82 Å². The van der Waals surface area contributed by atoms with E-state index in [1.807, 2.05) is 18.2 Å². The Balaban J connectivity index is 1.44. The monoisotopic (exact) mass is 385 g/mol. The molecule has 0 saturated heterocycles. The SMILES string of the molecule is Clc1ccc(CCNc2nncc(N3CCc4ccccc43)n2)c(Cl)c1. The highest BCUT2D eigenvalue weighted by Crippen LogP contribution is 2.32. The molecule has 2 aromatic carbocycles. The molecule has 132 valence electrons. The molecule has 1 N–H and O–H groups in total. The van der Waals surface area contributed by atoms with E-state index >= 15 is 0 Å². The van der Waals surface area contributed by atoms with Crippen molar-refractivity contribution >= 4 is 40.7 Å². The van der Waals surface area contributed by atoms with Crippen LogP contribution in [0.5, 0.6) is 0 Å². The van der Waals surface area contributed by atoms with Gasteiger partial charge in [0, 0.05) is 28.8 Å². The second-order valence-corrected chi connectivity index (χ2v) is 6.92. The van der Waals surface area contributed by atoms with E-state index < -0.39 is 0 Å². The fourth-order valence-corrected chi connectivity index (χ4v) is 3.61. The van der Waals surface area contributed by atoms with Gasteiger partial charge in [0.05, 0.1) is 6.20 Å². The average molecular weight is 386 g/mol. The predicted molar refractivity (Wildman–Crippen MR) is 106 cm³/mol. The van der Waals surface area contributed by atoms with Gasteiger partial charge >= 0.3 is 0 Å². The van der Waals surface area contributed by atoms with Crippen LogP contribution in [0.3, 0.4) is 0 Å². The third kappa shape index (κ3) is 3.59. The van der Waals surface area contributed by atoms with Gasteiger partial charge in [-0.05, 0) is 42.2 Å². The fourth-order valence-electron chi connectivity index (χ4n) is 3.11. The summed E-state index contributed by atoms with van der Waals surface area (Å²) in [5.41, 5.74) is 3.55. The molecule has 0 aliphatic carbocycles. The first-order chi connectivity index (χ1) is 12.7. The zero-order valence-corrected chi connectivity index (χ0v) is 15.5. The second kappa shape index (κ2) is 7.48. The molecule has 26 heavy (non-hydrogen) atoms.